The molecule has 2 aromatic rings. The smallest absolute Gasteiger partial charge is 0.338 e. The van der Waals surface area contributed by atoms with E-state index in [-0.39, 0.29) is 25.9 Å². The SMILES string of the molecule is CCC(O)COC(=O)c1ccc(C(=O)OCC(O)COC2CCC(C(C)(C)C3CCC(OC)CC3)CC2)c2ccccc12. The van der Waals surface area contributed by atoms with Crippen molar-refractivity contribution in [3.63, 3.8) is 0 Å². The first-order valence-electron chi connectivity index (χ1n) is 16.0. The predicted octanol–water partition coefficient (Wildman–Crippen LogP) is 6.09. The number of aliphatic hydroxyl groups excluding tert-OH is 2. The molecule has 0 heterocycles. The highest BCUT2D eigenvalue weighted by atomic mass is 16.6. The number of methoxy groups -OCH3 is 1. The van der Waals surface area contributed by atoms with Crippen LogP contribution in [0.1, 0.15) is 99.3 Å². The Hall–Kier alpha value is -2.52. The first-order chi connectivity index (χ1) is 20.6. The van der Waals surface area contributed by atoms with E-state index in [4.69, 9.17) is 18.9 Å². The van der Waals surface area contributed by atoms with Gasteiger partial charge in [0.1, 0.15) is 19.3 Å². The molecule has 0 spiro atoms. The molecule has 2 saturated carbocycles. The second-order valence-corrected chi connectivity index (χ2v) is 13.0. The van der Waals surface area contributed by atoms with Crippen molar-refractivity contribution in [1.29, 1.82) is 0 Å². The Bertz CT molecular complexity index is 1190. The number of esters is 2. The van der Waals surface area contributed by atoms with E-state index >= 15 is 0 Å². The third-order valence-corrected chi connectivity index (χ3v) is 9.96. The van der Waals surface area contributed by atoms with E-state index in [0.29, 0.717) is 45.8 Å². The molecule has 0 aromatic heterocycles. The second kappa shape index (κ2) is 15.5. The summed E-state index contributed by atoms with van der Waals surface area (Å²) >= 11 is 0. The summed E-state index contributed by atoms with van der Waals surface area (Å²) in [6.45, 7) is 6.52. The Labute approximate surface area is 256 Å². The molecule has 238 valence electrons. The Balaban J connectivity index is 1.23. The highest BCUT2D eigenvalue weighted by Gasteiger charge is 2.40. The van der Waals surface area contributed by atoms with Crippen molar-refractivity contribution in [2.24, 2.45) is 17.3 Å². The highest BCUT2D eigenvalue weighted by Crippen LogP contribution is 2.48. The van der Waals surface area contributed by atoms with Gasteiger partial charge in [-0.15, -0.1) is 0 Å². The number of carbonyl (C=O) groups is 2. The number of carbonyl (C=O) groups excluding carboxylic acids is 2. The van der Waals surface area contributed by atoms with Gasteiger partial charge in [0, 0.05) is 7.11 Å². The molecular weight excluding hydrogens is 548 g/mol. The van der Waals surface area contributed by atoms with Crippen molar-refractivity contribution in [3.05, 3.63) is 47.5 Å². The minimum Gasteiger partial charge on any atom is -0.459 e. The number of hydrogen-bond acceptors (Lipinski definition) is 8. The molecule has 43 heavy (non-hydrogen) atoms. The fourth-order valence-corrected chi connectivity index (χ4v) is 6.92. The van der Waals surface area contributed by atoms with E-state index in [1.165, 1.54) is 25.0 Å². The Morgan fingerprint density at radius 3 is 1.67 bits per heavy atom. The van der Waals surface area contributed by atoms with Crippen LogP contribution in [0.15, 0.2) is 36.4 Å². The van der Waals surface area contributed by atoms with Gasteiger partial charge in [0.15, 0.2) is 0 Å². The summed E-state index contributed by atoms with van der Waals surface area (Å²) in [5.74, 6) is 0.259. The minimum absolute atomic E-state index is 0.0943. The first kappa shape index (κ1) is 33.4. The van der Waals surface area contributed by atoms with Crippen LogP contribution in [0, 0.1) is 17.3 Å². The molecule has 2 aliphatic carbocycles. The Kier molecular flexibility index (Phi) is 12.0. The maximum atomic E-state index is 13.0. The zero-order valence-electron chi connectivity index (χ0n) is 26.3. The van der Waals surface area contributed by atoms with Crippen LogP contribution in [-0.2, 0) is 18.9 Å². The first-order valence-corrected chi connectivity index (χ1v) is 16.0. The van der Waals surface area contributed by atoms with Gasteiger partial charge in [0.2, 0.25) is 0 Å². The molecule has 0 radical (unpaired) electrons. The van der Waals surface area contributed by atoms with Crippen molar-refractivity contribution < 1.29 is 38.7 Å². The van der Waals surface area contributed by atoms with Gasteiger partial charge in [-0.05, 0) is 97.9 Å². The normalized spacial score (nSPS) is 24.3. The van der Waals surface area contributed by atoms with E-state index in [1.807, 2.05) is 7.11 Å². The van der Waals surface area contributed by atoms with Crippen LogP contribution in [0.2, 0.25) is 0 Å². The second-order valence-electron chi connectivity index (χ2n) is 13.0. The van der Waals surface area contributed by atoms with Crippen LogP contribution in [0.5, 0.6) is 0 Å². The van der Waals surface area contributed by atoms with Crippen LogP contribution in [0.4, 0.5) is 0 Å². The monoisotopic (exact) mass is 598 g/mol. The number of hydrogen-bond donors (Lipinski definition) is 2. The predicted molar refractivity (Wildman–Crippen MR) is 165 cm³/mol. The van der Waals surface area contributed by atoms with E-state index in [1.54, 1.807) is 31.2 Å². The number of rotatable bonds is 13. The van der Waals surface area contributed by atoms with Gasteiger partial charge in [-0.25, -0.2) is 9.59 Å². The maximum absolute atomic E-state index is 13.0. The van der Waals surface area contributed by atoms with Crippen molar-refractivity contribution in [3.8, 4) is 0 Å². The lowest BCUT2D eigenvalue weighted by Crippen LogP contribution is -2.39. The van der Waals surface area contributed by atoms with Crippen molar-refractivity contribution >= 4 is 22.7 Å². The van der Waals surface area contributed by atoms with Gasteiger partial charge in [0.25, 0.3) is 0 Å². The summed E-state index contributed by atoms with van der Waals surface area (Å²) in [5.41, 5.74) is 0.906. The number of ether oxygens (including phenoxy) is 4. The minimum atomic E-state index is -0.931. The van der Waals surface area contributed by atoms with E-state index in [0.717, 1.165) is 44.4 Å². The summed E-state index contributed by atoms with van der Waals surface area (Å²) in [4.78, 5) is 25.6. The number of fused-ring (bicyclic) bond motifs is 1. The van der Waals surface area contributed by atoms with Gasteiger partial charge in [-0.1, -0.05) is 45.0 Å². The molecule has 2 N–H and O–H groups in total. The molecule has 2 aliphatic rings. The molecule has 4 rings (SSSR count). The largest absolute Gasteiger partial charge is 0.459 e. The Morgan fingerprint density at radius 2 is 1.21 bits per heavy atom. The molecule has 2 atom stereocenters. The molecule has 2 unspecified atom stereocenters. The maximum Gasteiger partial charge on any atom is 0.338 e. The lowest BCUT2D eigenvalue weighted by molar-refractivity contribution is -0.0617. The van der Waals surface area contributed by atoms with Crippen molar-refractivity contribution in [1.82, 2.24) is 0 Å². The van der Waals surface area contributed by atoms with Gasteiger partial charge in [-0.2, -0.15) is 0 Å². The van der Waals surface area contributed by atoms with Crippen LogP contribution in [0.25, 0.3) is 10.8 Å². The zero-order chi connectivity index (χ0) is 31.0. The molecule has 8 heteroatoms. The molecule has 0 amide bonds. The van der Waals surface area contributed by atoms with Crippen LogP contribution >= 0.6 is 0 Å². The van der Waals surface area contributed by atoms with Gasteiger partial charge in [-0.3, -0.25) is 0 Å². The van der Waals surface area contributed by atoms with Crippen LogP contribution in [-0.4, -0.2) is 73.5 Å². The lowest BCUT2D eigenvalue weighted by atomic mass is 9.60. The third-order valence-electron chi connectivity index (χ3n) is 9.96. The quantitative estimate of drug-likeness (QED) is 0.267. The standard InChI is InChI=1S/C35H50O8/c1-5-25(36)20-42-33(38)31-18-19-32(30-9-7-6-8-29(30)31)34(39)43-22-26(37)21-41-28-16-12-24(13-17-28)35(2,3)23-10-14-27(40-4)15-11-23/h6-9,18-19,23-28,36-37H,5,10-17,20-22H2,1-4H3. The van der Waals surface area contributed by atoms with Crippen LogP contribution in [0.3, 0.4) is 0 Å². The molecular formula is C35H50O8. The summed E-state index contributed by atoms with van der Waals surface area (Å²) in [6.07, 6.45) is 8.36. The van der Waals surface area contributed by atoms with Gasteiger partial charge < -0.3 is 29.2 Å². The van der Waals surface area contributed by atoms with E-state index in [9.17, 15) is 19.8 Å². The molecule has 2 aromatic carbocycles. The topological polar surface area (TPSA) is 112 Å². The fourth-order valence-electron chi connectivity index (χ4n) is 6.92. The van der Waals surface area contributed by atoms with E-state index < -0.39 is 24.1 Å². The third kappa shape index (κ3) is 8.56. The number of benzene rings is 2. The summed E-state index contributed by atoms with van der Waals surface area (Å²) in [5, 5.41) is 21.4. The van der Waals surface area contributed by atoms with Crippen LogP contribution < -0.4 is 0 Å². The number of aliphatic hydroxyl groups is 2. The fraction of sp³-hybridized carbons (Fsp3) is 0.657. The summed E-state index contributed by atoms with van der Waals surface area (Å²) in [6, 6.07) is 10.1. The zero-order valence-corrected chi connectivity index (χ0v) is 26.3. The average molecular weight is 599 g/mol. The van der Waals surface area contributed by atoms with Crippen molar-refractivity contribution in [2.75, 3.05) is 26.9 Å². The molecule has 0 aliphatic heterocycles. The van der Waals surface area contributed by atoms with Gasteiger partial charge >= 0.3 is 11.9 Å². The lowest BCUT2D eigenvalue weighted by Gasteiger charge is -2.46. The van der Waals surface area contributed by atoms with E-state index in [2.05, 4.69) is 13.8 Å². The highest BCUT2D eigenvalue weighted by molar-refractivity contribution is 6.11. The molecule has 0 saturated heterocycles. The molecule has 0 bridgehead atoms. The molecule has 2 fully saturated rings. The molecule has 8 nitrogen and oxygen atoms in total. The average Bonchev–Trinajstić information content (AvgIpc) is 3.04. The summed E-state index contributed by atoms with van der Waals surface area (Å²) < 4.78 is 22.3. The van der Waals surface area contributed by atoms with Crippen molar-refractivity contribution in [2.45, 2.75) is 103 Å². The van der Waals surface area contributed by atoms with Gasteiger partial charge in [0.05, 0.1) is 36.0 Å². The summed E-state index contributed by atoms with van der Waals surface area (Å²) in [7, 11) is 1.82. The Morgan fingerprint density at radius 1 is 0.744 bits per heavy atom.